The number of aliphatic hydroxyl groups is 1. The number of nitrogens with zero attached hydrogens (tertiary/aromatic N) is 2. The van der Waals surface area contributed by atoms with E-state index < -0.39 is 53.6 Å². The van der Waals surface area contributed by atoms with Crippen molar-refractivity contribution in [2.45, 2.75) is 76.3 Å². The van der Waals surface area contributed by atoms with Crippen LogP contribution in [0.3, 0.4) is 0 Å². The third-order valence-corrected chi connectivity index (χ3v) is 9.90. The van der Waals surface area contributed by atoms with Gasteiger partial charge in [-0.05, 0) is 30.4 Å². The molecule has 2 N–H and O–H groups in total. The number of rotatable bonds is 7. The molecule has 1 aromatic carbocycles. The molecule has 2 fully saturated rings. The maximum Gasteiger partial charge on any atom is 0.313 e. The fraction of sp³-hybridized carbons (Fsp3) is 0.576. The number of hydrogen-bond acceptors (Lipinski definition) is 7. The van der Waals surface area contributed by atoms with Crippen LogP contribution in [0.15, 0.2) is 53.0 Å². The maximum absolute atomic E-state index is 14.6. The molecule has 1 spiro atoms. The zero-order valence-corrected chi connectivity index (χ0v) is 27.1. The van der Waals surface area contributed by atoms with Crippen molar-refractivity contribution in [2.75, 3.05) is 26.2 Å². The summed E-state index contributed by atoms with van der Waals surface area (Å²) < 4.78 is 13.3. The Labute approximate surface area is 266 Å². The van der Waals surface area contributed by atoms with Crippen molar-refractivity contribution in [1.29, 1.82) is 0 Å². The lowest BCUT2D eigenvalue weighted by Crippen LogP contribution is -2.59. The molecule has 11 heteroatoms. The smallest absolute Gasteiger partial charge is 0.313 e. The molecule has 0 radical (unpaired) electrons. The second-order valence-electron chi connectivity index (χ2n) is 12.4. The van der Waals surface area contributed by atoms with Crippen molar-refractivity contribution in [3.8, 4) is 0 Å². The molecule has 0 saturated carbocycles. The van der Waals surface area contributed by atoms with E-state index in [1.54, 1.807) is 11.0 Å². The zero-order valence-electron chi connectivity index (χ0n) is 25.5. The van der Waals surface area contributed by atoms with Crippen LogP contribution in [0, 0.1) is 17.8 Å². The molecule has 0 aliphatic carbocycles. The van der Waals surface area contributed by atoms with Crippen molar-refractivity contribution in [2.24, 2.45) is 17.8 Å². The number of likely N-dealkylation sites (tertiary alicyclic amines) is 1. The summed E-state index contributed by atoms with van der Waals surface area (Å²) in [5.41, 5.74) is -0.714. The van der Waals surface area contributed by atoms with Gasteiger partial charge in [-0.2, -0.15) is 0 Å². The van der Waals surface area contributed by atoms with Gasteiger partial charge in [-0.15, -0.1) is 0 Å². The third-order valence-electron chi connectivity index (χ3n) is 9.22. The lowest BCUT2D eigenvalue weighted by atomic mass is 9.74. The Bertz CT molecular complexity index is 1320. The topological polar surface area (TPSA) is 125 Å². The fourth-order valence-corrected chi connectivity index (χ4v) is 7.68. The number of amides is 3. The van der Waals surface area contributed by atoms with Gasteiger partial charge >= 0.3 is 5.97 Å². The zero-order chi connectivity index (χ0) is 31.6. The molecule has 4 aliphatic rings. The minimum atomic E-state index is -1.41. The average Bonchev–Trinajstić information content (AvgIpc) is 3.60. The molecular formula is C33H42BrN3O7. The van der Waals surface area contributed by atoms with Crippen LogP contribution < -0.4 is 5.32 Å². The summed E-state index contributed by atoms with van der Waals surface area (Å²) in [5, 5.41) is 13.4. The van der Waals surface area contributed by atoms with Crippen LogP contribution in [0.4, 0.5) is 0 Å². The van der Waals surface area contributed by atoms with Gasteiger partial charge in [-0.25, -0.2) is 0 Å². The van der Waals surface area contributed by atoms with Crippen molar-refractivity contribution in [1.82, 2.24) is 15.1 Å². The van der Waals surface area contributed by atoms with Crippen LogP contribution in [0.2, 0.25) is 0 Å². The van der Waals surface area contributed by atoms with Crippen molar-refractivity contribution >= 4 is 39.6 Å². The number of unbranched alkanes of at least 4 members (excludes halogenated alkanes) is 1. The quantitative estimate of drug-likeness (QED) is 0.337. The van der Waals surface area contributed by atoms with E-state index in [1.165, 1.54) is 4.90 Å². The van der Waals surface area contributed by atoms with E-state index in [4.69, 9.17) is 9.47 Å². The number of benzene rings is 1. The summed E-state index contributed by atoms with van der Waals surface area (Å²) >= 11 is 3.58. The lowest BCUT2D eigenvalue weighted by Gasteiger charge is -2.40. The molecule has 5 bridgehead atoms. The Balaban J connectivity index is 1.61. The van der Waals surface area contributed by atoms with Crippen LogP contribution in [0.25, 0.3) is 0 Å². The first-order chi connectivity index (χ1) is 21.1. The van der Waals surface area contributed by atoms with Gasteiger partial charge in [-0.1, -0.05) is 85.6 Å². The molecule has 5 rings (SSSR count). The van der Waals surface area contributed by atoms with Gasteiger partial charge in [0.25, 0.3) is 0 Å². The third kappa shape index (κ3) is 5.86. The Morgan fingerprint density at radius 2 is 1.86 bits per heavy atom. The highest BCUT2D eigenvalue weighted by Gasteiger charge is 2.75. The summed E-state index contributed by atoms with van der Waals surface area (Å²) in [4.78, 5) is 59.1. The van der Waals surface area contributed by atoms with Crippen LogP contribution in [0.1, 0.15) is 58.1 Å². The molecule has 4 heterocycles. The van der Waals surface area contributed by atoms with Gasteiger partial charge in [0.15, 0.2) is 0 Å². The Hall–Kier alpha value is -3.02. The van der Waals surface area contributed by atoms with Gasteiger partial charge < -0.3 is 29.7 Å². The number of halogens is 1. The largest absolute Gasteiger partial charge is 0.455 e. The molecule has 10 nitrogen and oxygen atoms in total. The maximum atomic E-state index is 14.6. The Morgan fingerprint density at radius 3 is 2.55 bits per heavy atom. The van der Waals surface area contributed by atoms with Gasteiger partial charge in [0.2, 0.25) is 17.7 Å². The van der Waals surface area contributed by atoms with Crippen LogP contribution in [-0.4, -0.2) is 88.6 Å². The molecule has 238 valence electrons. The SMILES string of the molecule is CCCCN1C/C=C\CCC(=O)NC[C@H](c2ccccc2)OC(=O)[C@H]2[C@@H]3O[C@@]4(C=C3Br)[C@@H]2C(=O)N([C@@H](CO)C(C)C)[C@@H]4C1=O. The Kier molecular flexibility index (Phi) is 9.96. The number of fused-ring (bicyclic) bond motifs is 2. The molecule has 0 unspecified atom stereocenters. The first-order valence-corrected chi connectivity index (χ1v) is 16.4. The molecule has 2 saturated heterocycles. The number of allylic oxidation sites excluding steroid dienone is 1. The average molecular weight is 673 g/mol. The second kappa shape index (κ2) is 13.5. The van der Waals surface area contributed by atoms with E-state index in [1.807, 2.05) is 63.3 Å². The minimum absolute atomic E-state index is 0.0648. The number of nitrogens with one attached hydrogen (secondary N) is 1. The summed E-state index contributed by atoms with van der Waals surface area (Å²) in [7, 11) is 0. The number of carbonyl (C=O) groups excluding carboxylic acids is 4. The molecule has 44 heavy (non-hydrogen) atoms. The van der Waals surface area contributed by atoms with Crippen LogP contribution in [0.5, 0.6) is 0 Å². The highest BCUT2D eigenvalue weighted by Crippen LogP contribution is 2.59. The van der Waals surface area contributed by atoms with Gasteiger partial charge in [0, 0.05) is 24.0 Å². The summed E-state index contributed by atoms with van der Waals surface area (Å²) in [6.07, 6.45) is 6.26. The number of esters is 1. The molecule has 1 aromatic rings. The molecule has 0 aromatic heterocycles. The predicted octanol–water partition coefficient (Wildman–Crippen LogP) is 3.26. The van der Waals surface area contributed by atoms with E-state index in [0.29, 0.717) is 29.6 Å². The number of carbonyl (C=O) groups is 4. The summed E-state index contributed by atoms with van der Waals surface area (Å²) in [6, 6.07) is 7.40. The highest BCUT2D eigenvalue weighted by atomic mass is 79.9. The normalized spacial score (nSPS) is 32.4. The van der Waals surface area contributed by atoms with E-state index in [2.05, 4.69) is 21.2 Å². The number of ether oxygens (including phenoxy) is 2. The first kappa shape index (κ1) is 32.4. The lowest BCUT2D eigenvalue weighted by molar-refractivity contribution is -0.160. The fourth-order valence-electron chi connectivity index (χ4n) is 6.94. The number of hydrogen-bond donors (Lipinski definition) is 2. The Morgan fingerprint density at radius 1 is 1.11 bits per heavy atom. The predicted molar refractivity (Wildman–Crippen MR) is 166 cm³/mol. The van der Waals surface area contributed by atoms with Crippen LogP contribution in [-0.2, 0) is 28.7 Å². The summed E-state index contributed by atoms with van der Waals surface area (Å²) in [5.74, 6) is -3.75. The number of aliphatic hydroxyl groups excluding tert-OH is 1. The van der Waals surface area contributed by atoms with Crippen molar-refractivity contribution < 1.29 is 33.8 Å². The van der Waals surface area contributed by atoms with E-state index in [-0.39, 0.29) is 37.3 Å². The summed E-state index contributed by atoms with van der Waals surface area (Å²) in [6.45, 7) is 6.31. The molecule has 4 aliphatic heterocycles. The first-order valence-electron chi connectivity index (χ1n) is 15.6. The minimum Gasteiger partial charge on any atom is -0.455 e. The molecular weight excluding hydrogens is 630 g/mol. The van der Waals surface area contributed by atoms with E-state index in [0.717, 1.165) is 12.8 Å². The van der Waals surface area contributed by atoms with Gasteiger partial charge in [0.05, 0.1) is 25.1 Å². The standard InChI is InChI=1S/C33H42BrN3O7/c1-4-5-15-36-16-11-7-10-14-25(39)35-18-24(21-12-8-6-9-13-21)43-32(42)26-27-30(40)37(23(19-38)20(2)3)29(31(36)41)33(27)17-22(34)28(26)44-33/h6-9,11-13,17,20,23-24,26-29,38H,4-5,10,14-16,18-19H2,1-3H3,(H,35,39)/b11-7-/t23-,24+,26+,27-,28+,29+,33-/m0/s1. The van der Waals surface area contributed by atoms with Crippen molar-refractivity contribution in [3.05, 3.63) is 58.6 Å². The molecule has 7 atom stereocenters. The van der Waals surface area contributed by atoms with E-state index in [9.17, 15) is 24.3 Å². The highest BCUT2D eigenvalue weighted by molar-refractivity contribution is 9.11. The number of cyclic esters (lactones) is 1. The van der Waals surface area contributed by atoms with Gasteiger partial charge in [0.1, 0.15) is 29.8 Å². The second-order valence-corrected chi connectivity index (χ2v) is 13.3. The van der Waals surface area contributed by atoms with Gasteiger partial charge in [-0.3, -0.25) is 19.2 Å². The monoisotopic (exact) mass is 671 g/mol. The van der Waals surface area contributed by atoms with E-state index >= 15 is 0 Å². The molecule has 3 amide bonds. The van der Waals surface area contributed by atoms with Crippen molar-refractivity contribution in [3.63, 3.8) is 0 Å². The van der Waals surface area contributed by atoms with Crippen LogP contribution >= 0.6 is 15.9 Å².